The molecule has 0 aliphatic rings. The third-order valence-electron chi connectivity index (χ3n) is 6.40. The molecule has 0 saturated heterocycles. The lowest BCUT2D eigenvalue weighted by Crippen LogP contribution is -2.30. The number of methoxy groups -OCH3 is 4. The van der Waals surface area contributed by atoms with Crippen molar-refractivity contribution in [2.75, 3.05) is 44.8 Å². The molecule has 45 heavy (non-hydrogen) atoms. The van der Waals surface area contributed by atoms with E-state index in [1.807, 2.05) is 6.07 Å². The van der Waals surface area contributed by atoms with Gasteiger partial charge in [0, 0.05) is 33.5 Å². The second-order valence-corrected chi connectivity index (χ2v) is 10.4. The Labute approximate surface area is 265 Å². The lowest BCUT2D eigenvalue weighted by atomic mass is 10.1. The Hall–Kier alpha value is -5.42. The van der Waals surface area contributed by atoms with Crippen molar-refractivity contribution in [1.82, 2.24) is 5.32 Å². The smallest absolute Gasteiger partial charge is 0.272 e. The van der Waals surface area contributed by atoms with Gasteiger partial charge in [-0.05, 0) is 66.7 Å². The fourth-order valence-electron chi connectivity index (χ4n) is 4.15. The molecule has 0 radical (unpaired) electrons. The first-order valence-corrected chi connectivity index (χ1v) is 14.7. The molecule has 0 heterocycles. The minimum absolute atomic E-state index is 0.0358. The number of nitrogens with one attached hydrogen (secondary N) is 3. The Kier molecular flexibility index (Phi) is 11.5. The Morgan fingerprint density at radius 3 is 2.04 bits per heavy atom. The quantitative estimate of drug-likeness (QED) is 0.124. The molecule has 3 N–H and O–H groups in total. The number of hydrogen-bond donors (Lipinski definition) is 3. The second-order valence-electron chi connectivity index (χ2n) is 9.37. The molecule has 0 fully saturated rings. The lowest BCUT2D eigenvalue weighted by Gasteiger charge is -2.15. The number of anilines is 2. The molecule has 232 valence electrons. The number of ether oxygens (including phenoxy) is 4. The van der Waals surface area contributed by atoms with Crippen LogP contribution in [0.1, 0.15) is 15.9 Å². The molecule has 0 bridgehead atoms. The molecular formula is C34H33N3O7S. The van der Waals surface area contributed by atoms with Crippen LogP contribution in [0.2, 0.25) is 0 Å². The average Bonchev–Trinajstić information content (AvgIpc) is 3.07. The van der Waals surface area contributed by atoms with Crippen LogP contribution in [0.4, 0.5) is 11.4 Å². The van der Waals surface area contributed by atoms with E-state index in [1.54, 1.807) is 92.0 Å². The number of thioether (sulfide) groups is 1. The molecule has 4 rings (SSSR count). The highest BCUT2D eigenvalue weighted by molar-refractivity contribution is 8.00. The molecule has 11 heteroatoms. The molecular weight excluding hydrogens is 594 g/mol. The van der Waals surface area contributed by atoms with Gasteiger partial charge in [0.1, 0.15) is 17.2 Å². The van der Waals surface area contributed by atoms with E-state index in [2.05, 4.69) is 16.0 Å². The summed E-state index contributed by atoms with van der Waals surface area (Å²) in [6.07, 6.45) is 1.50. The zero-order valence-electron chi connectivity index (χ0n) is 25.2. The predicted molar refractivity (Wildman–Crippen MR) is 175 cm³/mol. The van der Waals surface area contributed by atoms with Gasteiger partial charge in [-0.1, -0.05) is 24.3 Å². The van der Waals surface area contributed by atoms with Crippen LogP contribution < -0.4 is 34.9 Å². The summed E-state index contributed by atoms with van der Waals surface area (Å²) in [7, 11) is 6.07. The molecule has 0 saturated carbocycles. The van der Waals surface area contributed by atoms with Crippen LogP contribution in [0, 0.1) is 0 Å². The van der Waals surface area contributed by atoms with E-state index in [-0.39, 0.29) is 17.4 Å². The summed E-state index contributed by atoms with van der Waals surface area (Å²) in [5.41, 5.74) is 1.94. The first kappa shape index (κ1) is 32.5. The molecule has 4 aromatic rings. The summed E-state index contributed by atoms with van der Waals surface area (Å²) < 4.78 is 21.5. The second kappa shape index (κ2) is 15.9. The number of carbonyl (C=O) groups excluding carboxylic acids is 3. The standard InChI is InChI=1S/C34H33N3O7S/c1-41-26-15-13-24(14-16-26)35-32(38)21-45-27-12-8-11-25(19-27)36-34(40)28(37-33(39)22-9-6-5-7-10-22)17-23-18-30(43-3)31(44-4)20-29(23)42-2/h5-20H,21H2,1-4H3,(H,35,38)(H,36,40)(H,37,39)/b28-17+. The molecule has 0 unspecified atom stereocenters. The van der Waals surface area contributed by atoms with Gasteiger partial charge in [0.2, 0.25) is 5.91 Å². The van der Waals surface area contributed by atoms with Gasteiger partial charge in [-0.25, -0.2) is 0 Å². The average molecular weight is 628 g/mol. The van der Waals surface area contributed by atoms with E-state index in [0.717, 1.165) is 4.90 Å². The van der Waals surface area contributed by atoms with E-state index in [0.29, 0.717) is 45.5 Å². The van der Waals surface area contributed by atoms with Crippen molar-refractivity contribution in [2.45, 2.75) is 4.90 Å². The molecule has 0 atom stereocenters. The number of amides is 3. The first-order valence-electron chi connectivity index (χ1n) is 13.7. The maximum absolute atomic E-state index is 13.6. The Balaban J connectivity index is 1.53. The topological polar surface area (TPSA) is 124 Å². The van der Waals surface area contributed by atoms with Crippen LogP contribution >= 0.6 is 11.8 Å². The van der Waals surface area contributed by atoms with Gasteiger partial charge >= 0.3 is 0 Å². The SMILES string of the molecule is COc1ccc(NC(=O)CSc2cccc(NC(=O)/C(=C\c3cc(OC)c(OC)cc3OC)NC(=O)c3ccccc3)c2)cc1. The minimum atomic E-state index is -0.574. The fourth-order valence-corrected chi connectivity index (χ4v) is 4.90. The normalized spacial score (nSPS) is 10.8. The van der Waals surface area contributed by atoms with E-state index >= 15 is 0 Å². The van der Waals surface area contributed by atoms with Gasteiger partial charge in [0.05, 0.1) is 34.2 Å². The number of benzene rings is 4. The molecule has 0 aromatic heterocycles. The Morgan fingerprint density at radius 2 is 1.38 bits per heavy atom. The maximum atomic E-state index is 13.6. The van der Waals surface area contributed by atoms with E-state index in [9.17, 15) is 14.4 Å². The van der Waals surface area contributed by atoms with Crippen LogP contribution in [-0.4, -0.2) is 51.9 Å². The number of hydrogen-bond acceptors (Lipinski definition) is 8. The molecule has 10 nitrogen and oxygen atoms in total. The number of carbonyl (C=O) groups is 3. The van der Waals surface area contributed by atoms with Crippen LogP contribution in [0.15, 0.2) is 102 Å². The third-order valence-corrected chi connectivity index (χ3v) is 7.39. The molecule has 4 aromatic carbocycles. The van der Waals surface area contributed by atoms with Crippen LogP contribution in [0.5, 0.6) is 23.0 Å². The highest BCUT2D eigenvalue weighted by Crippen LogP contribution is 2.35. The summed E-state index contributed by atoms with van der Waals surface area (Å²) in [5, 5.41) is 8.41. The molecule has 0 spiro atoms. The van der Waals surface area contributed by atoms with Crippen molar-refractivity contribution in [1.29, 1.82) is 0 Å². The van der Waals surface area contributed by atoms with Crippen molar-refractivity contribution in [3.05, 3.63) is 108 Å². The third kappa shape index (κ3) is 9.04. The summed E-state index contributed by atoms with van der Waals surface area (Å²) in [4.78, 5) is 40.0. The van der Waals surface area contributed by atoms with Crippen molar-refractivity contribution in [3.63, 3.8) is 0 Å². The highest BCUT2D eigenvalue weighted by atomic mass is 32.2. The fraction of sp³-hybridized carbons (Fsp3) is 0.147. The monoisotopic (exact) mass is 627 g/mol. The molecule has 0 aliphatic carbocycles. The zero-order valence-corrected chi connectivity index (χ0v) is 26.0. The van der Waals surface area contributed by atoms with Gasteiger partial charge in [-0.15, -0.1) is 11.8 Å². The van der Waals surface area contributed by atoms with E-state index in [4.69, 9.17) is 18.9 Å². The Morgan fingerprint density at radius 1 is 0.689 bits per heavy atom. The van der Waals surface area contributed by atoms with Crippen molar-refractivity contribution in [3.8, 4) is 23.0 Å². The maximum Gasteiger partial charge on any atom is 0.272 e. The van der Waals surface area contributed by atoms with Crippen LogP contribution in [0.3, 0.4) is 0 Å². The van der Waals surface area contributed by atoms with E-state index < -0.39 is 11.8 Å². The summed E-state index contributed by atoms with van der Waals surface area (Å²) in [6.45, 7) is 0. The largest absolute Gasteiger partial charge is 0.497 e. The number of rotatable bonds is 13. The summed E-state index contributed by atoms with van der Waals surface area (Å²) in [5.74, 6) is 0.884. The zero-order chi connectivity index (χ0) is 32.2. The summed E-state index contributed by atoms with van der Waals surface area (Å²) in [6, 6.07) is 25.9. The lowest BCUT2D eigenvalue weighted by molar-refractivity contribution is -0.114. The first-order chi connectivity index (χ1) is 21.8. The van der Waals surface area contributed by atoms with E-state index in [1.165, 1.54) is 39.2 Å². The predicted octanol–water partition coefficient (Wildman–Crippen LogP) is 5.86. The van der Waals surface area contributed by atoms with Gasteiger partial charge in [-0.3, -0.25) is 14.4 Å². The molecule has 3 amide bonds. The Bertz CT molecular complexity index is 1680. The van der Waals surface area contributed by atoms with Gasteiger partial charge in [-0.2, -0.15) is 0 Å². The van der Waals surface area contributed by atoms with Crippen molar-refractivity contribution < 1.29 is 33.3 Å². The minimum Gasteiger partial charge on any atom is -0.497 e. The molecule has 0 aliphatic heterocycles. The van der Waals surface area contributed by atoms with Gasteiger partial charge in [0.25, 0.3) is 11.8 Å². The van der Waals surface area contributed by atoms with Crippen molar-refractivity contribution >= 4 is 46.9 Å². The van der Waals surface area contributed by atoms with Crippen LogP contribution in [0.25, 0.3) is 6.08 Å². The van der Waals surface area contributed by atoms with Gasteiger partial charge < -0.3 is 34.9 Å². The highest BCUT2D eigenvalue weighted by Gasteiger charge is 2.18. The summed E-state index contributed by atoms with van der Waals surface area (Å²) >= 11 is 1.31. The van der Waals surface area contributed by atoms with Crippen molar-refractivity contribution in [2.24, 2.45) is 0 Å². The van der Waals surface area contributed by atoms with Crippen LogP contribution in [-0.2, 0) is 9.59 Å². The van der Waals surface area contributed by atoms with Gasteiger partial charge in [0.15, 0.2) is 11.5 Å².